The molecule has 2 N–H and O–H groups in total. The third kappa shape index (κ3) is 3.44. The lowest BCUT2D eigenvalue weighted by atomic mass is 10.2. The Labute approximate surface area is 151 Å². The van der Waals surface area contributed by atoms with E-state index < -0.39 is 0 Å². The Balaban J connectivity index is 2.04. The molecule has 1 atom stereocenters. The minimum absolute atomic E-state index is 0.298. The topological polar surface area (TPSA) is 73.8 Å². The van der Waals surface area contributed by atoms with Crippen LogP contribution in [0, 0.1) is 0 Å². The fourth-order valence-corrected chi connectivity index (χ4v) is 4.34. The van der Waals surface area contributed by atoms with Crippen LogP contribution < -0.4 is 5.73 Å². The van der Waals surface area contributed by atoms with E-state index >= 15 is 0 Å². The van der Waals surface area contributed by atoms with Gasteiger partial charge in [-0.1, -0.05) is 55.3 Å². The summed E-state index contributed by atoms with van der Waals surface area (Å²) in [5, 5.41) is 9.86. The van der Waals surface area contributed by atoms with E-state index in [1.165, 1.54) is 24.6 Å². The normalized spacial score (nSPS) is 16.4. The van der Waals surface area contributed by atoms with Gasteiger partial charge in [0.1, 0.15) is 0 Å². The number of primary amides is 1. The minimum Gasteiger partial charge on any atom is -0.369 e. The Bertz CT molecular complexity index is 727. The molecule has 1 unspecified atom stereocenters. The minimum atomic E-state index is -0.317. The molecule has 2 aromatic rings. The zero-order valence-corrected chi connectivity index (χ0v) is 15.2. The summed E-state index contributed by atoms with van der Waals surface area (Å²) in [6.45, 7) is 1.95. The molecule has 0 bridgehead atoms. The van der Waals surface area contributed by atoms with Crippen molar-refractivity contribution in [3.05, 3.63) is 29.3 Å². The van der Waals surface area contributed by atoms with E-state index in [0.717, 1.165) is 29.4 Å². The van der Waals surface area contributed by atoms with Crippen LogP contribution in [0.25, 0.3) is 11.4 Å². The van der Waals surface area contributed by atoms with Crippen LogP contribution in [-0.2, 0) is 4.79 Å². The lowest BCUT2D eigenvalue weighted by Gasteiger charge is -2.18. The molecular weight excluding hydrogens is 344 g/mol. The number of nitrogens with zero attached hydrogens (tertiary/aromatic N) is 3. The molecule has 0 saturated heterocycles. The number of hydrogen-bond donors (Lipinski definition) is 1. The van der Waals surface area contributed by atoms with Gasteiger partial charge in [-0.25, -0.2) is 0 Å². The summed E-state index contributed by atoms with van der Waals surface area (Å²) in [5.74, 6) is 0.456. The maximum Gasteiger partial charge on any atom is 0.231 e. The first-order chi connectivity index (χ1) is 11.6. The summed E-state index contributed by atoms with van der Waals surface area (Å²) in [4.78, 5) is 11.6. The molecule has 0 radical (unpaired) electrons. The Kier molecular flexibility index (Phi) is 5.46. The lowest BCUT2D eigenvalue weighted by molar-refractivity contribution is -0.117. The molecule has 1 aliphatic carbocycles. The molecule has 7 heteroatoms. The highest BCUT2D eigenvalue weighted by molar-refractivity contribution is 8.00. The van der Waals surface area contributed by atoms with Gasteiger partial charge in [-0.3, -0.25) is 9.36 Å². The highest BCUT2D eigenvalue weighted by Crippen LogP contribution is 2.39. The molecule has 1 aromatic heterocycles. The quantitative estimate of drug-likeness (QED) is 0.784. The van der Waals surface area contributed by atoms with Crippen molar-refractivity contribution >= 4 is 29.3 Å². The Hall–Kier alpha value is -1.53. The van der Waals surface area contributed by atoms with Crippen molar-refractivity contribution in [2.75, 3.05) is 0 Å². The summed E-state index contributed by atoms with van der Waals surface area (Å²) in [7, 11) is 0. The van der Waals surface area contributed by atoms with E-state index in [1.807, 2.05) is 31.2 Å². The molecule has 1 saturated carbocycles. The number of amides is 1. The first-order valence-corrected chi connectivity index (χ1v) is 9.53. The van der Waals surface area contributed by atoms with Crippen LogP contribution in [-0.4, -0.2) is 25.9 Å². The predicted molar refractivity (Wildman–Crippen MR) is 97.1 cm³/mol. The van der Waals surface area contributed by atoms with Gasteiger partial charge in [0.05, 0.1) is 10.3 Å². The van der Waals surface area contributed by atoms with Gasteiger partial charge in [0.25, 0.3) is 0 Å². The standard InChI is InChI=1S/C17H21ClN4OS/c1-2-14(15(19)23)24-17-21-20-16(12-9-5-6-10-13(12)18)22(17)11-7-3-4-8-11/h5-6,9-11,14H,2-4,7-8H2,1H3,(H2,19,23). The van der Waals surface area contributed by atoms with E-state index in [4.69, 9.17) is 17.3 Å². The lowest BCUT2D eigenvalue weighted by Crippen LogP contribution is -2.25. The summed E-state index contributed by atoms with van der Waals surface area (Å²) in [6, 6.07) is 8.00. The zero-order chi connectivity index (χ0) is 17.1. The fraction of sp³-hybridized carbons (Fsp3) is 0.471. The van der Waals surface area contributed by atoms with Crippen molar-refractivity contribution in [1.82, 2.24) is 14.8 Å². The zero-order valence-electron chi connectivity index (χ0n) is 13.6. The SMILES string of the molecule is CCC(Sc1nnc(-c2ccccc2Cl)n1C1CCCC1)C(N)=O. The molecule has 1 fully saturated rings. The molecule has 1 aliphatic rings. The van der Waals surface area contributed by atoms with Crippen molar-refractivity contribution in [1.29, 1.82) is 0 Å². The maximum atomic E-state index is 11.6. The van der Waals surface area contributed by atoms with E-state index in [9.17, 15) is 4.79 Å². The smallest absolute Gasteiger partial charge is 0.231 e. The third-order valence-corrected chi connectivity index (χ3v) is 6.07. The molecule has 3 rings (SSSR count). The third-order valence-electron chi connectivity index (χ3n) is 4.40. The molecule has 0 spiro atoms. The number of aromatic nitrogens is 3. The van der Waals surface area contributed by atoms with Crippen LogP contribution in [0.2, 0.25) is 5.02 Å². The molecule has 128 valence electrons. The van der Waals surface area contributed by atoms with E-state index in [2.05, 4.69) is 14.8 Å². The second kappa shape index (κ2) is 7.57. The summed E-state index contributed by atoms with van der Waals surface area (Å²) >= 11 is 7.77. The van der Waals surface area contributed by atoms with E-state index in [0.29, 0.717) is 17.5 Å². The van der Waals surface area contributed by atoms with Gasteiger partial charge in [-0.2, -0.15) is 0 Å². The van der Waals surface area contributed by atoms with Gasteiger partial charge < -0.3 is 5.73 Å². The number of carbonyl (C=O) groups excluding carboxylic acids is 1. The van der Waals surface area contributed by atoms with E-state index in [-0.39, 0.29) is 11.2 Å². The summed E-state index contributed by atoms with van der Waals surface area (Å²) < 4.78 is 2.16. The predicted octanol–water partition coefficient (Wildman–Crippen LogP) is 4.07. The van der Waals surface area contributed by atoms with Crippen LogP contribution in [0.4, 0.5) is 0 Å². The molecule has 1 amide bonds. The molecule has 0 aliphatic heterocycles. The fourth-order valence-electron chi connectivity index (χ4n) is 3.15. The Morgan fingerprint density at radius 1 is 1.38 bits per heavy atom. The molecular formula is C17H21ClN4OS. The average molecular weight is 365 g/mol. The van der Waals surface area contributed by atoms with Gasteiger partial charge in [0, 0.05) is 11.6 Å². The molecule has 1 aromatic carbocycles. The van der Waals surface area contributed by atoms with E-state index in [1.54, 1.807) is 0 Å². The monoisotopic (exact) mass is 364 g/mol. The van der Waals surface area contributed by atoms with Crippen molar-refractivity contribution in [2.45, 2.75) is 55.5 Å². The van der Waals surface area contributed by atoms with Gasteiger partial charge in [-0.15, -0.1) is 10.2 Å². The highest BCUT2D eigenvalue weighted by atomic mass is 35.5. The van der Waals surface area contributed by atoms with Crippen LogP contribution in [0.1, 0.15) is 45.1 Å². The van der Waals surface area contributed by atoms with Gasteiger partial charge in [0.15, 0.2) is 11.0 Å². The Morgan fingerprint density at radius 2 is 2.08 bits per heavy atom. The number of nitrogens with two attached hydrogens (primary N) is 1. The number of rotatable bonds is 6. The van der Waals surface area contributed by atoms with Crippen molar-refractivity contribution in [2.24, 2.45) is 5.73 Å². The average Bonchev–Trinajstić information content (AvgIpc) is 3.21. The summed E-state index contributed by atoms with van der Waals surface area (Å²) in [5.41, 5.74) is 6.38. The number of thioether (sulfide) groups is 1. The van der Waals surface area contributed by atoms with Gasteiger partial charge >= 0.3 is 0 Å². The molecule has 1 heterocycles. The number of carbonyl (C=O) groups is 1. The van der Waals surface area contributed by atoms with Gasteiger partial charge in [0.2, 0.25) is 5.91 Å². The summed E-state index contributed by atoms with van der Waals surface area (Å²) in [6.07, 6.45) is 5.25. The Morgan fingerprint density at radius 3 is 2.71 bits per heavy atom. The highest BCUT2D eigenvalue weighted by Gasteiger charge is 2.28. The second-order valence-electron chi connectivity index (χ2n) is 6.01. The van der Waals surface area contributed by atoms with Crippen LogP contribution >= 0.6 is 23.4 Å². The first-order valence-electron chi connectivity index (χ1n) is 8.27. The van der Waals surface area contributed by atoms with Crippen molar-refractivity contribution in [3.63, 3.8) is 0 Å². The maximum absolute atomic E-state index is 11.6. The number of benzene rings is 1. The van der Waals surface area contributed by atoms with Crippen molar-refractivity contribution < 1.29 is 4.79 Å². The second-order valence-corrected chi connectivity index (χ2v) is 7.59. The van der Waals surface area contributed by atoms with Gasteiger partial charge in [-0.05, 0) is 31.4 Å². The van der Waals surface area contributed by atoms with Crippen LogP contribution in [0.3, 0.4) is 0 Å². The van der Waals surface area contributed by atoms with Crippen LogP contribution in [0.5, 0.6) is 0 Å². The van der Waals surface area contributed by atoms with Crippen molar-refractivity contribution in [3.8, 4) is 11.4 Å². The number of halogens is 1. The largest absolute Gasteiger partial charge is 0.369 e. The molecule has 5 nitrogen and oxygen atoms in total. The first kappa shape index (κ1) is 17.3. The molecule has 24 heavy (non-hydrogen) atoms. The number of hydrogen-bond acceptors (Lipinski definition) is 4. The van der Waals surface area contributed by atoms with Crippen LogP contribution in [0.15, 0.2) is 29.4 Å².